The zero-order valence-corrected chi connectivity index (χ0v) is 18.3. The highest BCUT2D eigenvalue weighted by molar-refractivity contribution is 7.99. The summed E-state index contributed by atoms with van der Waals surface area (Å²) in [5.74, 6) is -0.904. The Kier molecular flexibility index (Phi) is 5.09. The second-order valence-corrected chi connectivity index (χ2v) is 9.70. The van der Waals surface area contributed by atoms with Gasteiger partial charge < -0.3 is 5.11 Å². The summed E-state index contributed by atoms with van der Waals surface area (Å²) in [5.41, 5.74) is 5.08. The monoisotopic (exact) mass is 431 g/mol. The highest BCUT2D eigenvalue weighted by Crippen LogP contribution is 2.47. The van der Waals surface area contributed by atoms with Crippen LogP contribution >= 0.6 is 23.1 Å². The third kappa shape index (κ3) is 3.32. The van der Waals surface area contributed by atoms with E-state index in [0.717, 1.165) is 38.7 Å². The maximum Gasteiger partial charge on any atom is 0.336 e. The number of pyridine rings is 1. The molecule has 0 fully saturated rings. The predicted molar refractivity (Wildman–Crippen MR) is 124 cm³/mol. The van der Waals surface area contributed by atoms with E-state index in [9.17, 15) is 9.90 Å². The molecule has 0 amide bonds. The van der Waals surface area contributed by atoms with Gasteiger partial charge in [-0.25, -0.2) is 9.78 Å². The average molecular weight is 432 g/mol. The molecule has 0 saturated carbocycles. The van der Waals surface area contributed by atoms with Crippen LogP contribution in [-0.4, -0.2) is 16.1 Å². The fourth-order valence-electron chi connectivity index (χ4n) is 4.23. The average Bonchev–Trinajstić information content (AvgIpc) is 3.13. The molecular weight excluding hydrogens is 410 g/mol. The number of aromatic carboxylic acids is 1. The summed E-state index contributed by atoms with van der Waals surface area (Å²) in [6.45, 7) is 2.04. The molecule has 0 radical (unpaired) electrons. The van der Waals surface area contributed by atoms with Crippen LogP contribution in [0.3, 0.4) is 0 Å². The summed E-state index contributed by atoms with van der Waals surface area (Å²) in [7, 11) is 0. The first-order valence-electron chi connectivity index (χ1n) is 10.1. The Bertz CT molecular complexity index is 1260. The molecule has 0 aliphatic heterocycles. The van der Waals surface area contributed by atoms with Gasteiger partial charge in [-0.1, -0.05) is 54.2 Å². The molecule has 0 bridgehead atoms. The molecule has 5 rings (SSSR count). The van der Waals surface area contributed by atoms with Crippen molar-refractivity contribution >= 4 is 39.3 Å². The molecule has 1 aliphatic carbocycles. The zero-order chi connectivity index (χ0) is 20.7. The minimum Gasteiger partial charge on any atom is -0.478 e. The Labute approximate surface area is 183 Å². The lowest BCUT2D eigenvalue weighted by Gasteiger charge is -2.17. The van der Waals surface area contributed by atoms with Crippen LogP contribution in [0.1, 0.15) is 39.3 Å². The highest BCUT2D eigenvalue weighted by Gasteiger charge is 2.24. The van der Waals surface area contributed by atoms with Crippen LogP contribution in [0.25, 0.3) is 21.3 Å². The molecule has 4 aromatic rings. The van der Waals surface area contributed by atoms with Gasteiger partial charge in [-0.05, 0) is 55.9 Å². The number of carboxylic acids is 1. The fourth-order valence-corrected chi connectivity index (χ4v) is 6.70. The lowest BCUT2D eigenvalue weighted by molar-refractivity contribution is 0.0693. The van der Waals surface area contributed by atoms with Crippen molar-refractivity contribution in [3.8, 4) is 11.1 Å². The van der Waals surface area contributed by atoms with Gasteiger partial charge >= 0.3 is 5.97 Å². The molecule has 150 valence electrons. The minimum absolute atomic E-state index is 0.327. The molecule has 1 N–H and O–H groups in total. The number of nitrogens with zero attached hydrogens (tertiary/aromatic N) is 1. The van der Waals surface area contributed by atoms with E-state index in [4.69, 9.17) is 4.98 Å². The van der Waals surface area contributed by atoms with E-state index in [1.165, 1.54) is 46.0 Å². The smallest absolute Gasteiger partial charge is 0.336 e. The number of hydrogen-bond donors (Lipinski definition) is 1. The molecule has 2 heterocycles. The summed E-state index contributed by atoms with van der Waals surface area (Å²) in [6, 6.07) is 17.7. The standard InChI is InChI=1S/C25H21NO2S2/c1-15-23(29-20-14-8-6-12-18(20)25(27)28)21(16-9-3-2-4-10-16)22-17-11-5-7-13-19(17)30-24(22)26-15/h2-4,6,8-10,12,14H,5,7,11,13H2,1H3,(H,27,28). The molecule has 1 aliphatic rings. The van der Waals surface area contributed by atoms with E-state index in [2.05, 4.69) is 24.3 Å². The second-order valence-electron chi connectivity index (χ2n) is 7.56. The van der Waals surface area contributed by atoms with Crippen molar-refractivity contribution in [2.75, 3.05) is 0 Å². The number of carboxylic acid groups (broad SMARTS) is 1. The van der Waals surface area contributed by atoms with Gasteiger partial charge in [0.2, 0.25) is 0 Å². The number of thiophene rings is 1. The summed E-state index contributed by atoms with van der Waals surface area (Å²) >= 11 is 3.35. The van der Waals surface area contributed by atoms with Gasteiger partial charge in [0.1, 0.15) is 4.83 Å². The number of hydrogen-bond acceptors (Lipinski definition) is 4. The molecule has 30 heavy (non-hydrogen) atoms. The first-order valence-corrected chi connectivity index (χ1v) is 11.8. The summed E-state index contributed by atoms with van der Waals surface area (Å²) in [4.78, 5) is 21.1. The lowest BCUT2D eigenvalue weighted by atomic mass is 9.92. The van der Waals surface area contributed by atoms with Crippen LogP contribution in [0.5, 0.6) is 0 Å². The van der Waals surface area contributed by atoms with Crippen molar-refractivity contribution in [3.05, 3.63) is 76.3 Å². The van der Waals surface area contributed by atoms with Crippen LogP contribution in [0, 0.1) is 6.92 Å². The number of benzene rings is 2. The molecule has 3 nitrogen and oxygen atoms in total. The summed E-state index contributed by atoms with van der Waals surface area (Å²) in [5, 5.41) is 10.9. The van der Waals surface area contributed by atoms with Crippen molar-refractivity contribution in [3.63, 3.8) is 0 Å². The molecule has 0 unspecified atom stereocenters. The third-order valence-corrected chi connectivity index (χ3v) is 8.08. The number of fused-ring (bicyclic) bond motifs is 3. The van der Waals surface area contributed by atoms with Crippen LogP contribution in [0.4, 0.5) is 0 Å². The minimum atomic E-state index is -0.904. The van der Waals surface area contributed by atoms with E-state index in [0.29, 0.717) is 5.56 Å². The maximum absolute atomic E-state index is 11.8. The number of rotatable bonds is 4. The van der Waals surface area contributed by atoms with Crippen LogP contribution in [0.2, 0.25) is 0 Å². The van der Waals surface area contributed by atoms with Gasteiger partial charge in [-0.2, -0.15) is 0 Å². The highest BCUT2D eigenvalue weighted by atomic mass is 32.2. The molecule has 2 aromatic carbocycles. The first-order chi connectivity index (χ1) is 14.6. The largest absolute Gasteiger partial charge is 0.478 e. The fraction of sp³-hybridized carbons (Fsp3) is 0.200. The van der Waals surface area contributed by atoms with Crippen molar-refractivity contribution in [1.29, 1.82) is 0 Å². The van der Waals surface area contributed by atoms with Crippen molar-refractivity contribution < 1.29 is 9.90 Å². The van der Waals surface area contributed by atoms with Crippen molar-refractivity contribution in [1.82, 2.24) is 4.98 Å². The molecule has 5 heteroatoms. The van der Waals surface area contributed by atoms with E-state index in [-0.39, 0.29) is 0 Å². The van der Waals surface area contributed by atoms with Crippen LogP contribution < -0.4 is 0 Å². The quantitative estimate of drug-likeness (QED) is 0.378. The van der Waals surface area contributed by atoms with Gasteiger partial charge in [-0.3, -0.25) is 0 Å². The molecular formula is C25H21NO2S2. The Morgan fingerprint density at radius 2 is 1.77 bits per heavy atom. The van der Waals surface area contributed by atoms with Gasteiger partial charge in [-0.15, -0.1) is 11.3 Å². The Balaban J connectivity index is 1.80. The van der Waals surface area contributed by atoms with E-state index >= 15 is 0 Å². The van der Waals surface area contributed by atoms with Crippen molar-refractivity contribution in [2.24, 2.45) is 0 Å². The summed E-state index contributed by atoms with van der Waals surface area (Å²) in [6.07, 6.45) is 4.68. The van der Waals surface area contributed by atoms with Gasteiger partial charge in [0.05, 0.1) is 11.3 Å². The molecule has 0 atom stereocenters. The van der Waals surface area contributed by atoms with Crippen molar-refractivity contribution in [2.45, 2.75) is 42.4 Å². The summed E-state index contributed by atoms with van der Waals surface area (Å²) < 4.78 is 0. The van der Waals surface area contributed by atoms with E-state index in [1.54, 1.807) is 12.1 Å². The number of aromatic nitrogens is 1. The first kappa shape index (κ1) is 19.3. The number of carbonyl (C=O) groups is 1. The maximum atomic E-state index is 11.8. The number of aryl methyl sites for hydroxylation is 3. The van der Waals surface area contributed by atoms with Crippen LogP contribution in [0.15, 0.2) is 64.4 Å². The van der Waals surface area contributed by atoms with Crippen LogP contribution in [-0.2, 0) is 12.8 Å². The molecule has 0 spiro atoms. The van der Waals surface area contributed by atoms with Gasteiger partial charge in [0.25, 0.3) is 0 Å². The predicted octanol–water partition coefficient (Wildman–Crippen LogP) is 7.00. The Morgan fingerprint density at radius 3 is 2.57 bits per heavy atom. The van der Waals surface area contributed by atoms with Gasteiger partial charge in [0, 0.05) is 25.6 Å². The third-order valence-electron chi connectivity index (χ3n) is 5.62. The zero-order valence-electron chi connectivity index (χ0n) is 16.6. The topological polar surface area (TPSA) is 50.2 Å². The van der Waals surface area contributed by atoms with Gasteiger partial charge in [0.15, 0.2) is 0 Å². The molecule has 2 aromatic heterocycles. The van der Waals surface area contributed by atoms with E-state index < -0.39 is 5.97 Å². The Morgan fingerprint density at radius 1 is 1.03 bits per heavy atom. The SMILES string of the molecule is Cc1nc2sc3c(c2c(-c2ccccc2)c1Sc1ccccc1C(=O)O)CCCC3. The molecule has 0 saturated heterocycles. The normalized spacial score (nSPS) is 13.4. The Hall–Kier alpha value is -2.63. The van der Waals surface area contributed by atoms with E-state index in [1.807, 2.05) is 36.5 Å². The second kappa shape index (κ2) is 7.89. The lowest BCUT2D eigenvalue weighted by Crippen LogP contribution is -2.01.